The molecule has 0 spiro atoms. The van der Waals surface area contributed by atoms with Gasteiger partial charge in [0.15, 0.2) is 0 Å². The van der Waals surface area contributed by atoms with Crippen LogP contribution >= 0.6 is 0 Å². The first kappa shape index (κ1) is 28.0. The SMILES string of the molecule is CC(C)OC(=O)C([Si])(C(C)C)C(c1c(C(C)(C)O)n(-c2ccc(F)cc2)c2cc3[nH]ncc3cc12)C(C)C. The van der Waals surface area contributed by atoms with Gasteiger partial charge in [-0.05, 0) is 81.5 Å². The van der Waals surface area contributed by atoms with E-state index in [9.17, 15) is 14.3 Å². The molecule has 0 amide bonds. The van der Waals surface area contributed by atoms with Gasteiger partial charge in [-0.15, -0.1) is 0 Å². The largest absolute Gasteiger partial charge is 0.463 e. The van der Waals surface area contributed by atoms with Gasteiger partial charge in [0.1, 0.15) is 5.82 Å². The third-order valence-electron chi connectivity index (χ3n) is 7.29. The van der Waals surface area contributed by atoms with Gasteiger partial charge in [-0.2, -0.15) is 5.10 Å². The van der Waals surface area contributed by atoms with E-state index in [0.717, 1.165) is 27.4 Å². The van der Waals surface area contributed by atoms with Crippen LogP contribution in [0, 0.1) is 17.7 Å². The number of aliphatic hydroxyl groups is 1. The first-order valence-electron chi connectivity index (χ1n) is 13.1. The molecule has 8 heteroatoms. The molecule has 6 nitrogen and oxygen atoms in total. The topological polar surface area (TPSA) is 80.1 Å². The molecule has 4 rings (SSSR count). The van der Waals surface area contributed by atoms with Crippen LogP contribution in [0.4, 0.5) is 4.39 Å². The first-order valence-corrected chi connectivity index (χ1v) is 13.6. The van der Waals surface area contributed by atoms with E-state index >= 15 is 0 Å². The Morgan fingerprint density at radius 1 is 1.11 bits per heavy atom. The Hall–Kier alpha value is -2.97. The van der Waals surface area contributed by atoms with Crippen molar-refractivity contribution in [3.63, 3.8) is 0 Å². The molecule has 201 valence electrons. The van der Waals surface area contributed by atoms with Gasteiger partial charge in [0.05, 0.1) is 39.7 Å². The molecular weight excluding hydrogens is 497 g/mol. The van der Waals surface area contributed by atoms with Crippen molar-refractivity contribution in [2.45, 2.75) is 78.1 Å². The van der Waals surface area contributed by atoms with Crippen molar-refractivity contribution in [1.29, 1.82) is 0 Å². The molecule has 3 radical (unpaired) electrons. The summed E-state index contributed by atoms with van der Waals surface area (Å²) in [6.07, 6.45) is 1.47. The predicted octanol–water partition coefficient (Wildman–Crippen LogP) is 6.55. The van der Waals surface area contributed by atoms with Crippen LogP contribution in [0.25, 0.3) is 27.5 Å². The second-order valence-electron chi connectivity index (χ2n) is 11.7. The highest BCUT2D eigenvalue weighted by Gasteiger charge is 2.50. The molecule has 0 fully saturated rings. The Balaban J connectivity index is 2.20. The summed E-state index contributed by atoms with van der Waals surface area (Å²) in [5, 5.41) is 19.7. The molecule has 2 unspecified atom stereocenters. The molecule has 2 N–H and O–H groups in total. The van der Waals surface area contributed by atoms with E-state index in [0.29, 0.717) is 11.4 Å². The number of fused-ring (bicyclic) bond motifs is 2. The van der Waals surface area contributed by atoms with Crippen molar-refractivity contribution in [2.24, 2.45) is 11.8 Å². The van der Waals surface area contributed by atoms with Crippen LogP contribution in [0.2, 0.25) is 5.04 Å². The number of hydrogen-bond donors (Lipinski definition) is 2. The van der Waals surface area contributed by atoms with Crippen molar-refractivity contribution in [2.75, 3.05) is 0 Å². The lowest BCUT2D eigenvalue weighted by molar-refractivity contribution is -0.154. The zero-order valence-corrected chi connectivity index (χ0v) is 24.4. The molecular formula is C30H37FN3O3Si. The summed E-state index contributed by atoms with van der Waals surface area (Å²) in [5.41, 5.74) is 2.53. The number of benzene rings is 2. The molecule has 0 aliphatic heterocycles. The lowest BCUT2D eigenvalue weighted by Gasteiger charge is -2.43. The molecule has 2 aromatic carbocycles. The van der Waals surface area contributed by atoms with E-state index < -0.39 is 10.6 Å². The van der Waals surface area contributed by atoms with Gasteiger partial charge in [0, 0.05) is 32.6 Å². The van der Waals surface area contributed by atoms with E-state index in [1.807, 2.05) is 38.3 Å². The average molecular weight is 535 g/mol. The van der Waals surface area contributed by atoms with Gasteiger partial charge in [-0.1, -0.05) is 27.7 Å². The van der Waals surface area contributed by atoms with Gasteiger partial charge >= 0.3 is 5.97 Å². The van der Waals surface area contributed by atoms with E-state index in [4.69, 9.17) is 4.74 Å². The van der Waals surface area contributed by atoms with E-state index in [1.54, 1.807) is 32.2 Å². The van der Waals surface area contributed by atoms with Gasteiger partial charge in [-0.25, -0.2) is 4.39 Å². The summed E-state index contributed by atoms with van der Waals surface area (Å²) in [6, 6.07) is 10.3. The summed E-state index contributed by atoms with van der Waals surface area (Å²) in [4.78, 5) is 13.8. The van der Waals surface area contributed by atoms with Gasteiger partial charge in [0.25, 0.3) is 0 Å². The highest BCUT2D eigenvalue weighted by Crippen LogP contribution is 2.55. The summed E-state index contributed by atoms with van der Waals surface area (Å²) >= 11 is 0. The number of aromatic amines is 1. The summed E-state index contributed by atoms with van der Waals surface area (Å²) in [7, 11) is 3.99. The number of esters is 1. The number of H-pyrrole nitrogens is 1. The molecule has 38 heavy (non-hydrogen) atoms. The van der Waals surface area contributed by atoms with Crippen LogP contribution in [-0.4, -0.2) is 42.2 Å². The molecule has 4 aromatic rings. The molecule has 2 aromatic heterocycles. The van der Waals surface area contributed by atoms with Crippen LogP contribution < -0.4 is 0 Å². The summed E-state index contributed by atoms with van der Waals surface area (Å²) in [6.45, 7) is 15.3. The predicted molar refractivity (Wildman–Crippen MR) is 150 cm³/mol. The van der Waals surface area contributed by atoms with Gasteiger partial charge in [-0.3, -0.25) is 9.89 Å². The standard InChI is InChI=1S/C30H37FN3O3Si/c1-16(2)26(30(38,17(3)4)28(35)37-18(5)6)25-22-13-19-15-32-33-23(19)14-24(22)34(27(25)29(7,8)36)21-11-9-20(31)10-12-21/h9-18,26,36H,1-8H3,(H,32,33). The minimum absolute atomic E-state index is 0.0250. The molecule has 0 bridgehead atoms. The Bertz CT molecular complexity index is 1460. The van der Waals surface area contributed by atoms with Crippen LogP contribution in [0.1, 0.15) is 72.6 Å². The Morgan fingerprint density at radius 2 is 1.74 bits per heavy atom. The number of nitrogens with one attached hydrogen (secondary N) is 1. The Labute approximate surface area is 227 Å². The maximum Gasteiger partial charge on any atom is 0.309 e. The number of carbonyl (C=O) groups excluding carboxylic acids is 1. The zero-order valence-electron chi connectivity index (χ0n) is 23.4. The smallest absolute Gasteiger partial charge is 0.309 e. The van der Waals surface area contributed by atoms with Crippen molar-refractivity contribution in [1.82, 2.24) is 14.8 Å². The van der Waals surface area contributed by atoms with Crippen LogP contribution in [-0.2, 0) is 15.1 Å². The quantitative estimate of drug-likeness (QED) is 0.198. The highest BCUT2D eigenvalue weighted by molar-refractivity contribution is 6.28. The van der Waals surface area contributed by atoms with Gasteiger partial charge < -0.3 is 14.4 Å². The number of rotatable bonds is 8. The number of nitrogens with zero attached hydrogens (tertiary/aromatic N) is 2. The number of ether oxygens (including phenoxy) is 1. The summed E-state index contributed by atoms with van der Waals surface area (Å²) in [5.74, 6) is -1.24. The lowest BCUT2D eigenvalue weighted by Crippen LogP contribution is -2.41. The molecule has 2 atom stereocenters. The van der Waals surface area contributed by atoms with Crippen molar-refractivity contribution in [3.05, 3.63) is 59.7 Å². The van der Waals surface area contributed by atoms with Crippen LogP contribution in [0.15, 0.2) is 42.6 Å². The minimum Gasteiger partial charge on any atom is -0.463 e. The fourth-order valence-corrected chi connectivity index (χ4v) is 6.18. The van der Waals surface area contributed by atoms with Crippen molar-refractivity contribution >= 4 is 38.0 Å². The Kier molecular flexibility index (Phi) is 7.36. The molecule has 2 heterocycles. The summed E-state index contributed by atoms with van der Waals surface area (Å²) < 4.78 is 21.8. The fraction of sp³-hybridized carbons (Fsp3) is 0.467. The number of hydrogen-bond acceptors (Lipinski definition) is 4. The third-order valence-corrected chi connectivity index (χ3v) is 8.38. The molecule has 0 aliphatic rings. The Morgan fingerprint density at radius 3 is 2.26 bits per heavy atom. The number of carbonyl (C=O) groups is 1. The second kappa shape index (κ2) is 9.97. The van der Waals surface area contributed by atoms with E-state index in [-0.39, 0.29) is 35.6 Å². The number of halogens is 1. The molecule has 0 saturated heterocycles. The van der Waals surface area contributed by atoms with Crippen LogP contribution in [0.3, 0.4) is 0 Å². The normalized spacial score (nSPS) is 15.1. The first-order chi connectivity index (χ1) is 17.7. The third kappa shape index (κ3) is 4.69. The lowest BCUT2D eigenvalue weighted by atomic mass is 9.70. The minimum atomic E-state index is -1.31. The highest BCUT2D eigenvalue weighted by atomic mass is 28.1. The maximum absolute atomic E-state index is 14.0. The maximum atomic E-state index is 14.0. The zero-order chi connectivity index (χ0) is 28.2. The van der Waals surface area contributed by atoms with Crippen LogP contribution in [0.5, 0.6) is 0 Å². The van der Waals surface area contributed by atoms with Crippen molar-refractivity contribution < 1.29 is 19.0 Å². The fourth-order valence-electron chi connectivity index (χ4n) is 5.65. The van der Waals surface area contributed by atoms with Crippen molar-refractivity contribution in [3.8, 4) is 5.69 Å². The van der Waals surface area contributed by atoms with E-state index in [1.165, 1.54) is 12.1 Å². The molecule has 0 aliphatic carbocycles. The van der Waals surface area contributed by atoms with E-state index in [2.05, 4.69) is 40.4 Å². The average Bonchev–Trinajstić information content (AvgIpc) is 3.39. The monoisotopic (exact) mass is 534 g/mol. The van der Waals surface area contributed by atoms with Gasteiger partial charge in [0.2, 0.25) is 0 Å². The molecule has 0 saturated carbocycles. The number of aromatic nitrogens is 3. The second-order valence-corrected chi connectivity index (χ2v) is 12.5.